The lowest BCUT2D eigenvalue weighted by Gasteiger charge is -2.07. The largest absolute Gasteiger partial charge is 0.489 e. The van der Waals surface area contributed by atoms with E-state index in [1.807, 2.05) is 79.7 Å². The van der Waals surface area contributed by atoms with Crippen LogP contribution in [0.5, 0.6) is 5.75 Å². The summed E-state index contributed by atoms with van der Waals surface area (Å²) in [5.74, 6) is -0.155. The Morgan fingerprint density at radius 2 is 1.68 bits per heavy atom. The summed E-state index contributed by atoms with van der Waals surface area (Å²) in [5.41, 5.74) is 5.31. The zero-order valence-corrected chi connectivity index (χ0v) is 21.7. The lowest BCUT2D eigenvalue weighted by atomic mass is 10.1. The van der Waals surface area contributed by atoms with Crippen LogP contribution in [0.25, 0.3) is 23.0 Å². The molecule has 0 aliphatic heterocycles. The van der Waals surface area contributed by atoms with Gasteiger partial charge in [-0.15, -0.1) is 0 Å². The summed E-state index contributed by atoms with van der Waals surface area (Å²) < 4.78 is 20.7. The first-order valence-corrected chi connectivity index (χ1v) is 12.6. The van der Waals surface area contributed by atoms with Gasteiger partial charge in [0.15, 0.2) is 0 Å². The van der Waals surface area contributed by atoms with E-state index in [9.17, 15) is 14.4 Å². The molecule has 0 atom stereocenters. The molecule has 0 spiro atoms. The molecule has 0 radical (unpaired) electrons. The molecule has 5 aromatic rings. The van der Waals surface area contributed by atoms with Gasteiger partial charge in [-0.1, -0.05) is 48.0 Å². The van der Waals surface area contributed by atoms with Crippen LogP contribution in [0.4, 0.5) is 10.1 Å². The van der Waals surface area contributed by atoms with Crippen LogP contribution in [0, 0.1) is 24.1 Å². The van der Waals surface area contributed by atoms with E-state index in [4.69, 9.17) is 9.84 Å². The van der Waals surface area contributed by atoms with Gasteiger partial charge in [0, 0.05) is 23.0 Å². The molecule has 1 aromatic heterocycles. The number of halogens is 1. The number of aromatic nitrogens is 2. The summed E-state index contributed by atoms with van der Waals surface area (Å²) in [6, 6.07) is 32.5. The Morgan fingerprint density at radius 1 is 0.975 bits per heavy atom. The predicted octanol–water partition coefficient (Wildman–Crippen LogP) is 7.11. The third-order valence-corrected chi connectivity index (χ3v) is 6.18. The Bertz CT molecular complexity index is 1680. The first-order valence-electron chi connectivity index (χ1n) is 12.6. The summed E-state index contributed by atoms with van der Waals surface area (Å²) >= 11 is 0. The van der Waals surface area contributed by atoms with Crippen molar-refractivity contribution in [1.82, 2.24) is 9.78 Å². The second-order valence-corrected chi connectivity index (χ2v) is 9.14. The number of carbonyl (C=O) groups excluding carboxylic acids is 1. The van der Waals surface area contributed by atoms with E-state index < -0.39 is 5.91 Å². The molecule has 4 aromatic carbocycles. The number of hydrogen-bond acceptors (Lipinski definition) is 4. The zero-order chi connectivity index (χ0) is 27.9. The monoisotopic (exact) mass is 528 g/mol. The van der Waals surface area contributed by atoms with Crippen LogP contribution in [-0.2, 0) is 11.4 Å². The molecule has 0 fully saturated rings. The first-order chi connectivity index (χ1) is 19.5. The number of nitriles is 1. The van der Waals surface area contributed by atoms with Gasteiger partial charge in [0.05, 0.1) is 11.4 Å². The Hall–Kier alpha value is -5.48. The van der Waals surface area contributed by atoms with E-state index in [0.717, 1.165) is 22.4 Å². The highest BCUT2D eigenvalue weighted by atomic mass is 19.1. The number of rotatable bonds is 8. The van der Waals surface area contributed by atoms with Crippen LogP contribution >= 0.6 is 0 Å². The Labute approximate surface area is 231 Å². The fraction of sp³-hybridized carbons (Fsp3) is 0.0606. The van der Waals surface area contributed by atoms with Crippen molar-refractivity contribution in [3.8, 4) is 28.8 Å². The first kappa shape index (κ1) is 26.1. The molecule has 1 heterocycles. The smallest absolute Gasteiger partial charge is 0.266 e. The minimum atomic E-state index is -0.505. The Kier molecular flexibility index (Phi) is 7.79. The van der Waals surface area contributed by atoms with Gasteiger partial charge in [-0.05, 0) is 79.2 Å². The van der Waals surface area contributed by atoms with Crippen molar-refractivity contribution in [1.29, 1.82) is 5.26 Å². The minimum absolute atomic E-state index is 0.0475. The third-order valence-electron chi connectivity index (χ3n) is 6.18. The fourth-order valence-corrected chi connectivity index (χ4v) is 4.03. The topological polar surface area (TPSA) is 79.9 Å². The fourth-order valence-electron chi connectivity index (χ4n) is 4.03. The van der Waals surface area contributed by atoms with Crippen molar-refractivity contribution in [3.63, 3.8) is 0 Å². The molecule has 0 unspecified atom stereocenters. The molecule has 0 saturated heterocycles. The number of anilines is 1. The van der Waals surface area contributed by atoms with Crippen LogP contribution < -0.4 is 10.1 Å². The van der Waals surface area contributed by atoms with Crippen molar-refractivity contribution in [3.05, 3.63) is 137 Å². The van der Waals surface area contributed by atoms with E-state index in [1.165, 1.54) is 12.1 Å². The molecule has 5 rings (SSSR count). The number of para-hydroxylation sites is 1. The van der Waals surface area contributed by atoms with Crippen molar-refractivity contribution >= 4 is 17.7 Å². The lowest BCUT2D eigenvalue weighted by Crippen LogP contribution is -2.13. The quantitative estimate of drug-likeness (QED) is 0.172. The summed E-state index contributed by atoms with van der Waals surface area (Å²) in [6.45, 7) is 2.26. The van der Waals surface area contributed by atoms with E-state index in [1.54, 1.807) is 41.2 Å². The molecule has 0 saturated carbocycles. The minimum Gasteiger partial charge on any atom is -0.489 e. The van der Waals surface area contributed by atoms with Crippen molar-refractivity contribution in [2.45, 2.75) is 13.5 Å². The van der Waals surface area contributed by atoms with Gasteiger partial charge in [0.25, 0.3) is 5.91 Å². The molecular formula is C33H25FN4O2. The van der Waals surface area contributed by atoms with Gasteiger partial charge in [0.2, 0.25) is 0 Å². The van der Waals surface area contributed by atoms with Gasteiger partial charge >= 0.3 is 0 Å². The molecule has 1 amide bonds. The number of ether oxygens (including phenoxy) is 1. The average molecular weight is 529 g/mol. The predicted molar refractivity (Wildman–Crippen MR) is 153 cm³/mol. The highest BCUT2D eigenvalue weighted by molar-refractivity contribution is 6.10. The standard InChI is InChI=1S/C33H25FN4O2/c1-23-7-15-29(16-8-23)36-33(39)26(20-35)19-27-21-38(30-5-3-2-4-6-30)37-32(27)25-11-17-31(18-12-25)40-22-24-9-13-28(34)14-10-24/h2-19,21H,22H2,1H3,(H,36,39)/b26-19-. The number of nitrogens with zero attached hydrogens (tertiary/aromatic N) is 3. The highest BCUT2D eigenvalue weighted by Crippen LogP contribution is 2.28. The second kappa shape index (κ2) is 11.9. The van der Waals surface area contributed by atoms with Gasteiger partial charge in [-0.25, -0.2) is 9.07 Å². The molecule has 40 heavy (non-hydrogen) atoms. The van der Waals surface area contributed by atoms with E-state index in [-0.39, 0.29) is 11.4 Å². The molecule has 1 N–H and O–H groups in total. The van der Waals surface area contributed by atoms with Gasteiger partial charge in [0.1, 0.15) is 29.8 Å². The zero-order valence-electron chi connectivity index (χ0n) is 21.7. The number of carbonyl (C=O) groups is 1. The normalized spacial score (nSPS) is 11.1. The highest BCUT2D eigenvalue weighted by Gasteiger charge is 2.16. The van der Waals surface area contributed by atoms with Crippen molar-refractivity contribution in [2.75, 3.05) is 5.32 Å². The number of amides is 1. The van der Waals surface area contributed by atoms with Crippen LogP contribution in [-0.4, -0.2) is 15.7 Å². The number of benzene rings is 4. The molecule has 7 heteroatoms. The van der Waals surface area contributed by atoms with Gasteiger partial charge < -0.3 is 10.1 Å². The molecule has 0 aliphatic carbocycles. The molecular weight excluding hydrogens is 503 g/mol. The van der Waals surface area contributed by atoms with Gasteiger partial charge in [-0.3, -0.25) is 4.79 Å². The summed E-state index contributed by atoms with van der Waals surface area (Å²) in [7, 11) is 0. The molecule has 0 aliphatic rings. The van der Waals surface area contributed by atoms with Crippen LogP contribution in [0.15, 0.2) is 115 Å². The summed E-state index contributed by atoms with van der Waals surface area (Å²) in [6.07, 6.45) is 3.34. The maximum atomic E-state index is 13.2. The van der Waals surface area contributed by atoms with Gasteiger partial charge in [-0.2, -0.15) is 10.4 Å². The Morgan fingerprint density at radius 3 is 2.35 bits per heavy atom. The second-order valence-electron chi connectivity index (χ2n) is 9.14. The number of hydrogen-bond donors (Lipinski definition) is 1. The van der Waals surface area contributed by atoms with Crippen LogP contribution in [0.2, 0.25) is 0 Å². The molecule has 196 valence electrons. The SMILES string of the molecule is Cc1ccc(NC(=O)/C(C#N)=C\c2cn(-c3ccccc3)nc2-c2ccc(OCc3ccc(F)cc3)cc2)cc1. The van der Waals surface area contributed by atoms with Crippen LogP contribution in [0.3, 0.4) is 0 Å². The summed E-state index contributed by atoms with van der Waals surface area (Å²) in [4.78, 5) is 12.9. The molecule has 6 nitrogen and oxygen atoms in total. The third kappa shape index (κ3) is 6.32. The number of nitrogens with one attached hydrogen (secondary N) is 1. The maximum Gasteiger partial charge on any atom is 0.266 e. The number of aryl methyl sites for hydroxylation is 1. The lowest BCUT2D eigenvalue weighted by molar-refractivity contribution is -0.112. The van der Waals surface area contributed by atoms with Crippen molar-refractivity contribution < 1.29 is 13.9 Å². The van der Waals surface area contributed by atoms with Crippen molar-refractivity contribution in [2.24, 2.45) is 0 Å². The van der Waals surface area contributed by atoms with Crippen LogP contribution in [0.1, 0.15) is 16.7 Å². The average Bonchev–Trinajstić information content (AvgIpc) is 3.41. The Balaban J connectivity index is 1.43. The van der Waals surface area contributed by atoms with E-state index in [2.05, 4.69) is 5.32 Å². The van der Waals surface area contributed by atoms with E-state index >= 15 is 0 Å². The summed E-state index contributed by atoms with van der Waals surface area (Å²) in [5, 5.41) is 17.4. The van der Waals surface area contributed by atoms with E-state index in [0.29, 0.717) is 29.3 Å². The molecule has 0 bridgehead atoms. The maximum absolute atomic E-state index is 13.2.